The number of benzene rings is 1. The Morgan fingerprint density at radius 1 is 1.53 bits per heavy atom. The zero-order chi connectivity index (χ0) is 12.4. The number of rotatable bonds is 3. The van der Waals surface area contributed by atoms with E-state index in [9.17, 15) is 9.59 Å². The first kappa shape index (κ1) is 12.3. The van der Waals surface area contributed by atoms with Crippen molar-refractivity contribution < 1.29 is 9.53 Å². The molecule has 0 spiro atoms. The molecule has 2 rings (SSSR count). The number of halogens is 1. The first-order chi connectivity index (χ1) is 8.11. The summed E-state index contributed by atoms with van der Waals surface area (Å²) in [4.78, 5) is 23.0. The summed E-state index contributed by atoms with van der Waals surface area (Å²) >= 11 is 4.47. The van der Waals surface area contributed by atoms with Crippen molar-refractivity contribution in [1.29, 1.82) is 0 Å². The van der Waals surface area contributed by atoms with Crippen LogP contribution in [0.2, 0.25) is 0 Å². The Hall–Kier alpha value is -1.14. The van der Waals surface area contributed by atoms with Gasteiger partial charge in [-0.1, -0.05) is 27.3 Å². The molecule has 17 heavy (non-hydrogen) atoms. The van der Waals surface area contributed by atoms with E-state index in [4.69, 9.17) is 4.74 Å². The van der Waals surface area contributed by atoms with Crippen LogP contribution in [0.25, 0.3) is 10.2 Å². The van der Waals surface area contributed by atoms with E-state index in [1.807, 2.05) is 18.2 Å². The molecule has 0 saturated carbocycles. The van der Waals surface area contributed by atoms with Gasteiger partial charge in [0.25, 0.3) is 0 Å². The molecular formula is C11H10BrNO3S. The summed E-state index contributed by atoms with van der Waals surface area (Å²) in [6.07, 6.45) is 0. The Kier molecular flexibility index (Phi) is 3.63. The van der Waals surface area contributed by atoms with E-state index in [2.05, 4.69) is 15.9 Å². The topological polar surface area (TPSA) is 48.3 Å². The Bertz CT molecular complexity index is 617. The molecule has 0 radical (unpaired) electrons. The third-order valence-corrected chi connectivity index (χ3v) is 3.68. The number of carbonyl (C=O) groups is 1. The number of aromatic nitrogens is 1. The van der Waals surface area contributed by atoms with Gasteiger partial charge in [0.1, 0.15) is 6.54 Å². The van der Waals surface area contributed by atoms with Gasteiger partial charge in [-0.25, -0.2) is 0 Å². The third-order valence-electron chi connectivity index (χ3n) is 2.22. The SMILES string of the molecule is CCOC(=O)Cn1c(=O)sc2ccc(Br)cc21. The Morgan fingerprint density at radius 2 is 2.29 bits per heavy atom. The molecule has 1 aromatic heterocycles. The van der Waals surface area contributed by atoms with Crippen molar-refractivity contribution in [3.63, 3.8) is 0 Å². The van der Waals surface area contributed by atoms with Gasteiger partial charge in [-0.2, -0.15) is 0 Å². The van der Waals surface area contributed by atoms with Gasteiger partial charge >= 0.3 is 10.8 Å². The molecule has 0 fully saturated rings. The predicted molar refractivity (Wildman–Crippen MR) is 70.4 cm³/mol. The first-order valence-corrected chi connectivity index (χ1v) is 6.67. The second kappa shape index (κ2) is 5.01. The molecular weight excluding hydrogens is 306 g/mol. The van der Waals surface area contributed by atoms with Crippen LogP contribution < -0.4 is 4.87 Å². The largest absolute Gasteiger partial charge is 0.465 e. The van der Waals surface area contributed by atoms with Crippen molar-refractivity contribution in [2.75, 3.05) is 6.61 Å². The molecule has 4 nitrogen and oxygen atoms in total. The van der Waals surface area contributed by atoms with Crippen LogP contribution in [0.3, 0.4) is 0 Å². The third kappa shape index (κ3) is 2.58. The molecule has 0 N–H and O–H groups in total. The number of ether oxygens (including phenoxy) is 1. The van der Waals surface area contributed by atoms with Crippen molar-refractivity contribution in [2.45, 2.75) is 13.5 Å². The van der Waals surface area contributed by atoms with E-state index in [-0.39, 0.29) is 11.4 Å². The lowest BCUT2D eigenvalue weighted by Crippen LogP contribution is -2.20. The standard InChI is InChI=1S/C11H10BrNO3S/c1-2-16-10(14)6-13-8-5-7(12)3-4-9(8)17-11(13)15/h3-5H,2,6H2,1H3. The number of carbonyl (C=O) groups excluding carboxylic acids is 1. The quantitative estimate of drug-likeness (QED) is 0.817. The average molecular weight is 316 g/mol. The molecule has 0 aliphatic carbocycles. The summed E-state index contributed by atoms with van der Waals surface area (Å²) < 4.78 is 8.02. The van der Waals surface area contributed by atoms with Gasteiger partial charge in [-0.3, -0.25) is 14.2 Å². The smallest absolute Gasteiger partial charge is 0.326 e. The van der Waals surface area contributed by atoms with Crippen molar-refractivity contribution in [1.82, 2.24) is 4.57 Å². The fourth-order valence-corrected chi connectivity index (χ4v) is 2.74. The number of fused-ring (bicyclic) bond motifs is 1. The minimum atomic E-state index is -0.394. The van der Waals surface area contributed by atoms with Crippen LogP contribution in [0.4, 0.5) is 0 Å². The molecule has 0 amide bonds. The van der Waals surface area contributed by atoms with Gasteiger partial charge in [0.15, 0.2) is 0 Å². The monoisotopic (exact) mass is 315 g/mol. The molecule has 1 heterocycles. The molecule has 0 aliphatic heterocycles. The molecule has 1 aromatic carbocycles. The van der Waals surface area contributed by atoms with E-state index in [1.54, 1.807) is 6.92 Å². The maximum absolute atomic E-state index is 11.7. The first-order valence-electron chi connectivity index (χ1n) is 5.06. The average Bonchev–Trinajstić information content (AvgIpc) is 2.56. The highest BCUT2D eigenvalue weighted by Crippen LogP contribution is 2.21. The molecule has 0 unspecified atom stereocenters. The van der Waals surface area contributed by atoms with Crippen molar-refractivity contribution in [2.24, 2.45) is 0 Å². The summed E-state index contributed by atoms with van der Waals surface area (Å²) in [6.45, 7) is 2.02. The van der Waals surface area contributed by atoms with Crippen LogP contribution in [0.1, 0.15) is 6.92 Å². The highest BCUT2D eigenvalue weighted by atomic mass is 79.9. The molecule has 6 heteroatoms. The molecule has 0 aliphatic rings. The highest BCUT2D eigenvalue weighted by molar-refractivity contribution is 9.10. The maximum Gasteiger partial charge on any atom is 0.326 e. The van der Waals surface area contributed by atoms with Crippen LogP contribution in [0.5, 0.6) is 0 Å². The minimum absolute atomic E-state index is 0.0386. The van der Waals surface area contributed by atoms with E-state index < -0.39 is 5.97 Å². The summed E-state index contributed by atoms with van der Waals surface area (Å²) in [7, 11) is 0. The number of hydrogen-bond donors (Lipinski definition) is 0. The highest BCUT2D eigenvalue weighted by Gasteiger charge is 2.11. The Labute approximate surface area is 110 Å². The second-order valence-electron chi connectivity index (χ2n) is 3.37. The molecule has 0 bridgehead atoms. The van der Waals surface area contributed by atoms with Gasteiger partial charge < -0.3 is 4.74 Å². The number of esters is 1. The van der Waals surface area contributed by atoms with Crippen LogP contribution in [0.15, 0.2) is 27.5 Å². The molecule has 90 valence electrons. The van der Waals surface area contributed by atoms with E-state index in [0.29, 0.717) is 6.61 Å². The van der Waals surface area contributed by atoms with Crippen LogP contribution in [-0.4, -0.2) is 17.1 Å². The van der Waals surface area contributed by atoms with E-state index in [1.165, 1.54) is 4.57 Å². The van der Waals surface area contributed by atoms with Gasteiger partial charge in [0, 0.05) is 4.47 Å². The Balaban J connectivity index is 2.45. The van der Waals surface area contributed by atoms with Gasteiger partial charge in [-0.15, -0.1) is 0 Å². The summed E-state index contributed by atoms with van der Waals surface area (Å²) in [6, 6.07) is 5.55. The minimum Gasteiger partial charge on any atom is -0.465 e. The lowest BCUT2D eigenvalue weighted by atomic mass is 10.3. The number of thiazole rings is 1. The zero-order valence-corrected chi connectivity index (χ0v) is 11.5. The van der Waals surface area contributed by atoms with Crippen molar-refractivity contribution in [3.8, 4) is 0 Å². The fraction of sp³-hybridized carbons (Fsp3) is 0.273. The zero-order valence-electron chi connectivity index (χ0n) is 9.10. The fourth-order valence-electron chi connectivity index (χ4n) is 1.52. The van der Waals surface area contributed by atoms with Crippen molar-refractivity contribution >= 4 is 43.5 Å². The van der Waals surface area contributed by atoms with Gasteiger partial charge in [0.2, 0.25) is 0 Å². The van der Waals surface area contributed by atoms with Crippen LogP contribution in [0, 0.1) is 0 Å². The molecule has 0 saturated heterocycles. The molecule has 0 atom stereocenters. The Morgan fingerprint density at radius 3 is 3.00 bits per heavy atom. The molecule has 2 aromatic rings. The number of hydrogen-bond acceptors (Lipinski definition) is 4. The van der Waals surface area contributed by atoms with E-state index in [0.717, 1.165) is 26.0 Å². The summed E-state index contributed by atoms with van der Waals surface area (Å²) in [5.41, 5.74) is 0.752. The van der Waals surface area contributed by atoms with Gasteiger partial charge in [0.05, 0.1) is 16.8 Å². The number of nitrogens with zero attached hydrogens (tertiary/aromatic N) is 1. The maximum atomic E-state index is 11.7. The van der Waals surface area contributed by atoms with E-state index >= 15 is 0 Å². The summed E-state index contributed by atoms with van der Waals surface area (Å²) in [5, 5.41) is 0. The van der Waals surface area contributed by atoms with Crippen LogP contribution >= 0.6 is 27.3 Å². The van der Waals surface area contributed by atoms with Crippen molar-refractivity contribution in [3.05, 3.63) is 32.3 Å². The predicted octanol–water partition coefficient (Wildman–Crippen LogP) is 2.39. The normalized spacial score (nSPS) is 10.7. The van der Waals surface area contributed by atoms with Gasteiger partial charge in [-0.05, 0) is 25.1 Å². The summed E-state index contributed by atoms with van der Waals surface area (Å²) in [5.74, 6) is -0.394. The lowest BCUT2D eigenvalue weighted by molar-refractivity contribution is -0.143. The lowest BCUT2D eigenvalue weighted by Gasteiger charge is -2.03. The van der Waals surface area contributed by atoms with Crippen LogP contribution in [-0.2, 0) is 16.1 Å². The second-order valence-corrected chi connectivity index (χ2v) is 5.28.